The van der Waals surface area contributed by atoms with Crippen LogP contribution in [0.3, 0.4) is 0 Å². The van der Waals surface area contributed by atoms with Crippen LogP contribution in [-0.4, -0.2) is 0 Å². The van der Waals surface area contributed by atoms with Crippen LogP contribution >= 0.6 is 0 Å². The Bertz CT molecular complexity index is 529. The Morgan fingerprint density at radius 3 is 2.13 bits per heavy atom. The first-order chi connectivity index (χ1) is 6.70. The molecule has 15 heavy (non-hydrogen) atoms. The molecule has 0 saturated carbocycles. The Morgan fingerprint density at radius 1 is 1.00 bits per heavy atom. The minimum Gasteiger partial charge on any atom is -0.868 e. The molecule has 0 amide bonds. The first-order valence-corrected chi connectivity index (χ1v) is 4.02. The summed E-state index contributed by atoms with van der Waals surface area (Å²) < 4.78 is 0. The second-order valence-corrected chi connectivity index (χ2v) is 2.85. The molecule has 0 radical (unpaired) electrons. The van der Waals surface area contributed by atoms with Crippen molar-refractivity contribution in [2.45, 2.75) is 0 Å². The van der Waals surface area contributed by atoms with E-state index in [9.17, 15) is 14.7 Å². The van der Waals surface area contributed by atoms with E-state index in [2.05, 4.69) is 5.32 Å². The maximum absolute atomic E-state index is 10.9. The summed E-state index contributed by atoms with van der Waals surface area (Å²) in [5, 5.41) is 13.5. The third kappa shape index (κ3) is 2.12. The fourth-order valence-electron chi connectivity index (χ4n) is 1.15. The van der Waals surface area contributed by atoms with Gasteiger partial charge in [0.05, 0.1) is 5.69 Å². The summed E-state index contributed by atoms with van der Waals surface area (Å²) in [7, 11) is 0. The van der Waals surface area contributed by atoms with Crippen molar-refractivity contribution in [2.75, 3.05) is 5.32 Å². The van der Waals surface area contributed by atoms with Crippen LogP contribution < -0.4 is 50.8 Å². The fourth-order valence-corrected chi connectivity index (χ4v) is 1.15. The van der Waals surface area contributed by atoms with Gasteiger partial charge in [0.15, 0.2) is 0 Å². The maximum Gasteiger partial charge on any atom is 1.00 e. The van der Waals surface area contributed by atoms with Crippen molar-refractivity contribution in [3.8, 4) is 5.75 Å². The molecule has 4 nitrogen and oxygen atoms in total. The van der Waals surface area contributed by atoms with Gasteiger partial charge in [0, 0.05) is 5.69 Å². The van der Waals surface area contributed by atoms with E-state index >= 15 is 0 Å². The van der Waals surface area contributed by atoms with E-state index in [1.807, 2.05) is 6.07 Å². The van der Waals surface area contributed by atoms with Crippen LogP contribution in [0.1, 0.15) is 0 Å². The van der Waals surface area contributed by atoms with Gasteiger partial charge in [-0.3, -0.25) is 9.59 Å². The van der Waals surface area contributed by atoms with E-state index in [0.717, 1.165) is 0 Å². The molecule has 0 spiro atoms. The second-order valence-electron chi connectivity index (χ2n) is 2.85. The number of rotatable bonds is 2. The van der Waals surface area contributed by atoms with Gasteiger partial charge in [-0.2, -0.15) is 0 Å². The Kier molecular flexibility index (Phi) is 3.68. The molecule has 0 aliphatic carbocycles. The molecule has 0 aromatic heterocycles. The zero-order valence-electron chi connectivity index (χ0n) is 8.11. The van der Waals surface area contributed by atoms with Crippen molar-refractivity contribution >= 4 is 11.4 Å². The van der Waals surface area contributed by atoms with Crippen molar-refractivity contribution in [3.63, 3.8) is 0 Å². The molecule has 0 fully saturated rings. The molecular weight excluding hydrogens is 205 g/mol. The molecule has 0 heterocycles. The van der Waals surface area contributed by atoms with Crippen LogP contribution in [0.15, 0.2) is 39.9 Å². The minimum atomic E-state index is -0.941. The van der Waals surface area contributed by atoms with Gasteiger partial charge in [-0.05, 0) is 17.9 Å². The molecule has 1 N–H and O–H groups in total. The minimum absolute atomic E-state index is 0. The summed E-state index contributed by atoms with van der Waals surface area (Å²) in [4.78, 5) is 21.5. The first kappa shape index (κ1) is 12.0. The first-order valence-electron chi connectivity index (χ1n) is 4.02. The van der Waals surface area contributed by atoms with Gasteiger partial charge in [0.1, 0.15) is 0 Å². The van der Waals surface area contributed by atoms with Crippen molar-refractivity contribution in [3.05, 3.63) is 50.8 Å². The summed E-state index contributed by atoms with van der Waals surface area (Å²) >= 11 is 0. The number of hydrogen-bond donors (Lipinski definition) is 1. The molecule has 70 valence electrons. The molecule has 2 aromatic carbocycles. The molecule has 2 rings (SSSR count). The quantitative estimate of drug-likeness (QED) is 0.427. The van der Waals surface area contributed by atoms with E-state index in [4.69, 9.17) is 0 Å². The summed E-state index contributed by atoms with van der Waals surface area (Å²) in [5.41, 5.74) is -1.19. The largest absolute Gasteiger partial charge is 1.00 e. The second kappa shape index (κ2) is 4.61. The van der Waals surface area contributed by atoms with Crippen molar-refractivity contribution in [1.82, 2.24) is 0 Å². The van der Waals surface area contributed by atoms with Gasteiger partial charge in [-0.15, -0.1) is 0 Å². The van der Waals surface area contributed by atoms with E-state index in [0.29, 0.717) is 5.69 Å². The SMILES string of the molecule is O=c1c([O-])c(Nc2ccccc2)c1=O.[Na+]. The molecule has 0 saturated heterocycles. The Morgan fingerprint density at radius 2 is 1.60 bits per heavy atom. The third-order valence-electron chi connectivity index (χ3n) is 1.91. The Balaban J connectivity index is 0.00000112. The molecule has 0 aliphatic rings. The van der Waals surface area contributed by atoms with Crippen LogP contribution in [0.25, 0.3) is 0 Å². The van der Waals surface area contributed by atoms with Crippen molar-refractivity contribution in [1.29, 1.82) is 0 Å². The number of anilines is 2. The number of nitrogens with one attached hydrogen (secondary N) is 1. The van der Waals surface area contributed by atoms with Crippen LogP contribution in [-0.2, 0) is 0 Å². The van der Waals surface area contributed by atoms with Crippen LogP contribution in [0, 0.1) is 0 Å². The Labute approximate surface area is 108 Å². The molecular formula is C10H6NNaO3. The number of para-hydroxylation sites is 1. The van der Waals surface area contributed by atoms with Crippen LogP contribution in [0.2, 0.25) is 0 Å². The molecule has 2 aromatic rings. The molecule has 0 atom stereocenters. The molecule has 0 bridgehead atoms. The third-order valence-corrected chi connectivity index (χ3v) is 1.91. The van der Waals surface area contributed by atoms with Crippen LogP contribution in [0.4, 0.5) is 11.4 Å². The molecule has 5 heteroatoms. The normalized spacial score (nSPS) is 9.60. The van der Waals surface area contributed by atoms with Gasteiger partial charge >= 0.3 is 29.6 Å². The maximum atomic E-state index is 10.9. The molecule has 0 aliphatic heterocycles. The van der Waals surface area contributed by atoms with Gasteiger partial charge in [0.2, 0.25) is 10.9 Å². The van der Waals surface area contributed by atoms with Gasteiger partial charge in [-0.1, -0.05) is 18.2 Å². The van der Waals surface area contributed by atoms with Crippen LogP contribution in [0.5, 0.6) is 5.75 Å². The van der Waals surface area contributed by atoms with Gasteiger partial charge < -0.3 is 10.4 Å². The Hall–Kier alpha value is -1.10. The average Bonchev–Trinajstić information content (AvgIpc) is 2.26. The smallest absolute Gasteiger partial charge is 0.868 e. The van der Waals surface area contributed by atoms with E-state index < -0.39 is 16.6 Å². The zero-order valence-corrected chi connectivity index (χ0v) is 10.1. The summed E-state index contributed by atoms with van der Waals surface area (Å²) in [6.07, 6.45) is 0. The van der Waals surface area contributed by atoms with E-state index in [1.165, 1.54) is 0 Å². The fraction of sp³-hybridized carbons (Fsp3) is 0. The summed E-state index contributed by atoms with van der Waals surface area (Å²) in [6, 6.07) is 8.74. The predicted molar refractivity (Wildman–Crippen MR) is 50.5 cm³/mol. The standard InChI is InChI=1S/C10H7NO3.Na/c12-8-7(9(13)10(8)14)11-6-4-2-1-3-5-6;/h1-5,11-12H;/q;+1/p-1. The summed E-state index contributed by atoms with van der Waals surface area (Å²) in [5.74, 6) is -0.737. The van der Waals surface area contributed by atoms with Crippen molar-refractivity contribution < 1.29 is 34.7 Å². The monoisotopic (exact) mass is 211 g/mol. The number of benzene rings is 1. The molecule has 0 unspecified atom stereocenters. The predicted octanol–water partition coefficient (Wildman–Crippen LogP) is -2.90. The van der Waals surface area contributed by atoms with E-state index in [-0.39, 0.29) is 35.2 Å². The summed E-state index contributed by atoms with van der Waals surface area (Å²) in [6.45, 7) is 0. The zero-order chi connectivity index (χ0) is 10.1. The van der Waals surface area contributed by atoms with Gasteiger partial charge in [-0.25, -0.2) is 0 Å². The number of hydrogen-bond acceptors (Lipinski definition) is 4. The van der Waals surface area contributed by atoms with Crippen molar-refractivity contribution in [2.24, 2.45) is 0 Å². The van der Waals surface area contributed by atoms with Gasteiger partial charge in [0.25, 0.3) is 0 Å². The van der Waals surface area contributed by atoms with E-state index in [1.54, 1.807) is 24.3 Å². The topological polar surface area (TPSA) is 69.2 Å². The average molecular weight is 211 g/mol.